The number of ether oxygens (including phenoxy) is 1. The fourth-order valence-electron chi connectivity index (χ4n) is 4.19. The van der Waals surface area contributed by atoms with Crippen LogP contribution in [-0.2, 0) is 19.1 Å². The first-order valence-corrected chi connectivity index (χ1v) is 11.8. The summed E-state index contributed by atoms with van der Waals surface area (Å²) < 4.78 is 62.9. The third-order valence-electron chi connectivity index (χ3n) is 5.96. The summed E-state index contributed by atoms with van der Waals surface area (Å²) in [5.41, 5.74) is -1.91. The van der Waals surface area contributed by atoms with Crippen molar-refractivity contribution in [1.82, 2.24) is 14.3 Å². The Morgan fingerprint density at radius 3 is 2.69 bits per heavy atom. The maximum absolute atomic E-state index is 15.3. The van der Waals surface area contributed by atoms with Crippen LogP contribution in [0.1, 0.15) is 61.3 Å². The van der Waals surface area contributed by atoms with Crippen LogP contribution >= 0.6 is 0 Å². The highest BCUT2D eigenvalue weighted by atomic mass is 19.4. The zero-order chi connectivity index (χ0) is 26.0. The monoisotopic (exact) mass is 506 g/mol. The minimum Gasteiger partial charge on any atom is -0.490 e. The Bertz CT molecular complexity index is 1330. The number of hydrogen-bond donors (Lipinski definition) is 1. The number of carbonyl (C=O) groups is 1. The second-order valence-electron chi connectivity index (χ2n) is 8.77. The maximum atomic E-state index is 15.3. The van der Waals surface area contributed by atoms with E-state index in [1.165, 1.54) is 16.7 Å². The highest BCUT2D eigenvalue weighted by Gasteiger charge is 2.31. The number of carbonyl (C=O) groups excluding carboxylic acids is 1. The van der Waals surface area contributed by atoms with Crippen molar-refractivity contribution < 1.29 is 27.1 Å². The number of nitrogens with one attached hydrogen (secondary N) is 1. The predicted octanol–water partition coefficient (Wildman–Crippen LogP) is 5.35. The number of halogens is 4. The molecule has 0 bridgehead atoms. The second kappa shape index (κ2) is 10.2. The van der Waals surface area contributed by atoms with Crippen LogP contribution in [-0.4, -0.2) is 26.4 Å². The minimum absolute atomic E-state index is 0.00491. The number of benzene rings is 2. The van der Waals surface area contributed by atoms with Crippen LogP contribution in [0.2, 0.25) is 0 Å². The molecule has 1 atom stereocenters. The van der Waals surface area contributed by atoms with E-state index < -0.39 is 29.2 Å². The van der Waals surface area contributed by atoms with Gasteiger partial charge in [0.25, 0.3) is 5.91 Å². The first kappa shape index (κ1) is 25.5. The smallest absolute Gasteiger partial charge is 0.416 e. The Kier molecular flexibility index (Phi) is 7.18. The molecule has 0 radical (unpaired) electrons. The molecule has 0 saturated carbocycles. The average Bonchev–Trinajstić information content (AvgIpc) is 3.16. The molecule has 1 unspecified atom stereocenters. The largest absolute Gasteiger partial charge is 0.490 e. The van der Waals surface area contributed by atoms with E-state index in [1.807, 2.05) is 6.92 Å². The molecule has 0 fully saturated rings. The lowest BCUT2D eigenvalue weighted by Crippen LogP contribution is -2.27. The molecule has 1 aromatic heterocycles. The van der Waals surface area contributed by atoms with Gasteiger partial charge in [-0.3, -0.25) is 9.36 Å². The number of alkyl halides is 3. The number of anilines is 1. The van der Waals surface area contributed by atoms with Crippen LogP contribution in [0.4, 0.5) is 23.2 Å². The lowest BCUT2D eigenvalue weighted by Gasteiger charge is -2.18. The van der Waals surface area contributed by atoms with E-state index in [0.29, 0.717) is 25.2 Å². The third kappa shape index (κ3) is 5.29. The number of amides is 1. The molecule has 4 rings (SSSR count). The van der Waals surface area contributed by atoms with Gasteiger partial charge >= 0.3 is 11.9 Å². The second-order valence-corrected chi connectivity index (χ2v) is 8.77. The van der Waals surface area contributed by atoms with E-state index in [0.717, 1.165) is 48.2 Å². The topological polar surface area (TPSA) is 78.2 Å². The van der Waals surface area contributed by atoms with Gasteiger partial charge in [-0.1, -0.05) is 19.4 Å². The standard InChI is InChI=1S/C25H26F4N4O3/c1-3-7-15(2)36-21-14-20(33-24(35)32-11-5-4-10-22(32)31-33)19(26)13-18(21)23(34)30-17-9-6-8-16(12-17)25(27,28)29/h6,8-9,12-15H,3-5,7,10-11H2,1-2H3,(H,30,34). The zero-order valence-electron chi connectivity index (χ0n) is 19.9. The van der Waals surface area contributed by atoms with Crippen LogP contribution in [0, 0.1) is 5.82 Å². The van der Waals surface area contributed by atoms with Crippen molar-refractivity contribution in [2.24, 2.45) is 0 Å². The SMILES string of the molecule is CCCC(C)Oc1cc(-n2nc3n(c2=O)CCCC3)c(F)cc1C(=O)Nc1cccc(C(F)(F)F)c1. The molecule has 1 N–H and O–H groups in total. The maximum Gasteiger partial charge on any atom is 0.416 e. The minimum atomic E-state index is -4.59. The number of aromatic nitrogens is 3. The molecule has 2 heterocycles. The Labute approximate surface area is 204 Å². The Morgan fingerprint density at radius 1 is 1.22 bits per heavy atom. The first-order valence-electron chi connectivity index (χ1n) is 11.8. The van der Waals surface area contributed by atoms with Gasteiger partial charge in [-0.15, -0.1) is 5.10 Å². The van der Waals surface area contributed by atoms with Gasteiger partial charge in [0.2, 0.25) is 0 Å². The zero-order valence-corrected chi connectivity index (χ0v) is 19.9. The van der Waals surface area contributed by atoms with Gasteiger partial charge in [-0.2, -0.15) is 17.9 Å². The summed E-state index contributed by atoms with van der Waals surface area (Å²) in [6.45, 7) is 4.22. The first-order chi connectivity index (χ1) is 17.1. The molecule has 192 valence electrons. The van der Waals surface area contributed by atoms with Gasteiger partial charge in [0.1, 0.15) is 23.1 Å². The summed E-state index contributed by atoms with van der Waals surface area (Å²) >= 11 is 0. The van der Waals surface area contributed by atoms with Gasteiger partial charge < -0.3 is 10.1 Å². The van der Waals surface area contributed by atoms with Gasteiger partial charge in [0, 0.05) is 24.7 Å². The summed E-state index contributed by atoms with van der Waals surface area (Å²) in [5.74, 6) is -1.19. The molecule has 1 amide bonds. The van der Waals surface area contributed by atoms with Crippen molar-refractivity contribution in [3.05, 3.63) is 69.7 Å². The van der Waals surface area contributed by atoms with Crippen LogP contribution < -0.4 is 15.7 Å². The number of hydrogen-bond acceptors (Lipinski definition) is 4. The van der Waals surface area contributed by atoms with Gasteiger partial charge in [-0.05, 0) is 50.5 Å². The molecule has 7 nitrogen and oxygen atoms in total. The molecule has 0 spiro atoms. The number of nitrogens with zero attached hydrogens (tertiary/aromatic N) is 3. The molecule has 0 saturated heterocycles. The molecule has 11 heteroatoms. The van der Waals surface area contributed by atoms with E-state index in [1.54, 1.807) is 6.92 Å². The van der Waals surface area contributed by atoms with E-state index in [-0.39, 0.29) is 28.8 Å². The highest BCUT2D eigenvalue weighted by Crippen LogP contribution is 2.32. The lowest BCUT2D eigenvalue weighted by atomic mass is 10.1. The molecule has 1 aliphatic rings. The van der Waals surface area contributed by atoms with Crippen LogP contribution in [0.15, 0.2) is 41.2 Å². The van der Waals surface area contributed by atoms with Crippen molar-refractivity contribution in [2.45, 2.75) is 64.8 Å². The Morgan fingerprint density at radius 2 is 2.00 bits per heavy atom. The summed E-state index contributed by atoms with van der Waals surface area (Å²) in [4.78, 5) is 25.9. The predicted molar refractivity (Wildman–Crippen MR) is 125 cm³/mol. The summed E-state index contributed by atoms with van der Waals surface area (Å²) in [7, 11) is 0. The van der Waals surface area contributed by atoms with Crippen molar-refractivity contribution in [1.29, 1.82) is 0 Å². The van der Waals surface area contributed by atoms with Crippen LogP contribution in [0.25, 0.3) is 5.69 Å². The number of rotatable bonds is 7. The number of aryl methyl sites for hydroxylation is 1. The quantitative estimate of drug-likeness (QED) is 0.439. The molecular weight excluding hydrogens is 480 g/mol. The van der Waals surface area contributed by atoms with Gasteiger partial charge in [-0.25, -0.2) is 9.18 Å². The van der Waals surface area contributed by atoms with Crippen molar-refractivity contribution in [2.75, 3.05) is 5.32 Å². The molecule has 3 aromatic rings. The average molecular weight is 507 g/mol. The van der Waals surface area contributed by atoms with Crippen molar-refractivity contribution in [3.63, 3.8) is 0 Å². The fourth-order valence-corrected chi connectivity index (χ4v) is 4.19. The Balaban J connectivity index is 1.73. The lowest BCUT2D eigenvalue weighted by molar-refractivity contribution is -0.137. The van der Waals surface area contributed by atoms with E-state index in [9.17, 15) is 22.8 Å². The normalized spacial score (nSPS) is 14.3. The third-order valence-corrected chi connectivity index (χ3v) is 5.96. The van der Waals surface area contributed by atoms with E-state index >= 15 is 4.39 Å². The van der Waals surface area contributed by atoms with Crippen molar-refractivity contribution >= 4 is 11.6 Å². The van der Waals surface area contributed by atoms with Gasteiger partial charge in [0.15, 0.2) is 0 Å². The molecule has 1 aliphatic heterocycles. The summed E-state index contributed by atoms with van der Waals surface area (Å²) in [6.07, 6.45) is -1.22. The molecular formula is C25H26F4N4O3. The number of fused-ring (bicyclic) bond motifs is 1. The van der Waals surface area contributed by atoms with E-state index in [4.69, 9.17) is 4.74 Å². The molecule has 0 aliphatic carbocycles. The summed E-state index contributed by atoms with van der Waals surface area (Å²) in [5, 5.41) is 6.66. The summed E-state index contributed by atoms with van der Waals surface area (Å²) in [6, 6.07) is 6.29. The highest BCUT2D eigenvalue weighted by molar-refractivity contribution is 6.06. The Hall–Kier alpha value is -3.63. The van der Waals surface area contributed by atoms with Crippen molar-refractivity contribution in [3.8, 4) is 11.4 Å². The van der Waals surface area contributed by atoms with Gasteiger partial charge in [0.05, 0.1) is 17.2 Å². The molecule has 2 aromatic carbocycles. The molecule has 36 heavy (non-hydrogen) atoms. The van der Waals surface area contributed by atoms with E-state index in [2.05, 4.69) is 10.4 Å². The fraction of sp³-hybridized carbons (Fsp3) is 0.400. The van der Waals surface area contributed by atoms with Crippen LogP contribution in [0.5, 0.6) is 5.75 Å². The van der Waals surface area contributed by atoms with Crippen LogP contribution in [0.3, 0.4) is 0 Å².